The van der Waals surface area contributed by atoms with Gasteiger partial charge in [0.1, 0.15) is 17.2 Å². The highest BCUT2D eigenvalue weighted by Gasteiger charge is 2.40. The monoisotopic (exact) mass is 369 g/mol. The fourth-order valence-electron chi connectivity index (χ4n) is 2.60. The standard InChI is InChI=1S/C21H23NO5/c1-3-25-16-8-10-18(11-9-16)27-17-6-4-15(5-7-17)22-20(23)13-26-21(24)19-12-14(19)2/h4-11,14,19H,3,12-13H2,1-2H3,(H,22,23)/t14-,19-/m0/s1. The molecule has 3 rings (SSSR count). The summed E-state index contributed by atoms with van der Waals surface area (Å²) in [5, 5.41) is 2.69. The molecule has 0 bridgehead atoms. The maximum absolute atomic E-state index is 11.9. The summed E-state index contributed by atoms with van der Waals surface area (Å²) in [6.07, 6.45) is 0.844. The molecule has 0 spiro atoms. The van der Waals surface area contributed by atoms with E-state index in [0.29, 0.717) is 29.7 Å². The second kappa shape index (κ2) is 8.58. The minimum Gasteiger partial charge on any atom is -0.494 e. The Balaban J connectivity index is 1.46. The van der Waals surface area contributed by atoms with Crippen LogP contribution in [0.4, 0.5) is 5.69 Å². The van der Waals surface area contributed by atoms with Crippen LogP contribution in [0.1, 0.15) is 20.3 Å². The van der Waals surface area contributed by atoms with E-state index in [1.807, 2.05) is 38.1 Å². The highest BCUT2D eigenvalue weighted by Crippen LogP contribution is 2.38. The molecule has 0 heterocycles. The lowest BCUT2D eigenvalue weighted by atomic mass is 10.3. The van der Waals surface area contributed by atoms with Gasteiger partial charge in [-0.15, -0.1) is 0 Å². The Bertz CT molecular complexity index is 785. The highest BCUT2D eigenvalue weighted by atomic mass is 16.5. The lowest BCUT2D eigenvalue weighted by Gasteiger charge is -2.09. The van der Waals surface area contributed by atoms with Crippen molar-refractivity contribution in [3.8, 4) is 17.2 Å². The van der Waals surface area contributed by atoms with Crippen LogP contribution in [-0.4, -0.2) is 25.1 Å². The number of carbonyl (C=O) groups excluding carboxylic acids is 2. The van der Waals surface area contributed by atoms with Gasteiger partial charge in [0.2, 0.25) is 0 Å². The summed E-state index contributed by atoms with van der Waals surface area (Å²) < 4.78 is 16.2. The predicted octanol–water partition coefficient (Wildman–Crippen LogP) is 4.02. The van der Waals surface area contributed by atoms with Crippen molar-refractivity contribution in [2.45, 2.75) is 20.3 Å². The van der Waals surface area contributed by atoms with Gasteiger partial charge in [-0.05, 0) is 67.8 Å². The van der Waals surface area contributed by atoms with Gasteiger partial charge in [0, 0.05) is 5.69 Å². The van der Waals surface area contributed by atoms with Gasteiger partial charge in [0.25, 0.3) is 5.91 Å². The number of ether oxygens (including phenoxy) is 3. The topological polar surface area (TPSA) is 73.9 Å². The van der Waals surface area contributed by atoms with E-state index in [9.17, 15) is 9.59 Å². The van der Waals surface area contributed by atoms with Gasteiger partial charge in [-0.25, -0.2) is 0 Å². The van der Waals surface area contributed by atoms with Crippen molar-refractivity contribution in [3.63, 3.8) is 0 Å². The highest BCUT2D eigenvalue weighted by molar-refractivity contribution is 5.93. The summed E-state index contributed by atoms with van der Waals surface area (Å²) in [7, 11) is 0. The zero-order chi connectivity index (χ0) is 19.2. The van der Waals surface area contributed by atoms with Crippen molar-refractivity contribution < 1.29 is 23.8 Å². The molecule has 1 amide bonds. The Morgan fingerprint density at radius 3 is 2.11 bits per heavy atom. The van der Waals surface area contributed by atoms with E-state index < -0.39 is 0 Å². The van der Waals surface area contributed by atoms with Gasteiger partial charge in [-0.2, -0.15) is 0 Å². The first kappa shape index (κ1) is 18.8. The molecule has 1 aliphatic carbocycles. The first-order valence-electron chi connectivity index (χ1n) is 9.02. The van der Waals surface area contributed by atoms with Crippen LogP contribution in [0.15, 0.2) is 48.5 Å². The van der Waals surface area contributed by atoms with Crippen LogP contribution in [0, 0.1) is 11.8 Å². The second-order valence-electron chi connectivity index (χ2n) is 6.51. The Morgan fingerprint density at radius 1 is 1.00 bits per heavy atom. The van der Waals surface area contributed by atoms with E-state index >= 15 is 0 Å². The molecule has 0 aliphatic heterocycles. The molecule has 2 aromatic carbocycles. The number of amides is 1. The molecule has 142 valence electrons. The molecule has 6 nitrogen and oxygen atoms in total. The van der Waals surface area contributed by atoms with E-state index in [1.54, 1.807) is 24.3 Å². The van der Waals surface area contributed by atoms with E-state index in [0.717, 1.165) is 12.2 Å². The molecule has 1 fully saturated rings. The summed E-state index contributed by atoms with van der Waals surface area (Å²) in [6, 6.07) is 14.3. The van der Waals surface area contributed by atoms with Crippen molar-refractivity contribution in [2.75, 3.05) is 18.5 Å². The SMILES string of the molecule is CCOc1ccc(Oc2ccc(NC(=O)COC(=O)[C@H]3C[C@@H]3C)cc2)cc1. The molecule has 1 N–H and O–H groups in total. The van der Waals surface area contributed by atoms with Crippen LogP contribution in [0.25, 0.3) is 0 Å². The third-order valence-corrected chi connectivity index (χ3v) is 4.27. The van der Waals surface area contributed by atoms with Crippen LogP contribution in [0.5, 0.6) is 17.2 Å². The van der Waals surface area contributed by atoms with E-state index in [4.69, 9.17) is 14.2 Å². The predicted molar refractivity (Wildman–Crippen MR) is 101 cm³/mol. The fraction of sp³-hybridized carbons (Fsp3) is 0.333. The van der Waals surface area contributed by atoms with Gasteiger partial charge in [-0.3, -0.25) is 9.59 Å². The third-order valence-electron chi connectivity index (χ3n) is 4.27. The zero-order valence-corrected chi connectivity index (χ0v) is 15.4. The maximum Gasteiger partial charge on any atom is 0.309 e. The quantitative estimate of drug-likeness (QED) is 0.712. The number of hydrogen-bond donors (Lipinski definition) is 1. The van der Waals surface area contributed by atoms with E-state index in [2.05, 4.69) is 5.32 Å². The Labute approximate surface area is 158 Å². The summed E-state index contributed by atoms with van der Waals surface area (Å²) in [6.45, 7) is 4.27. The Hall–Kier alpha value is -3.02. The second-order valence-corrected chi connectivity index (χ2v) is 6.51. The minimum absolute atomic E-state index is 0.0446. The average molecular weight is 369 g/mol. The molecule has 0 unspecified atom stereocenters. The summed E-state index contributed by atoms with van der Waals surface area (Å²) in [5.41, 5.74) is 0.606. The van der Waals surface area contributed by atoms with E-state index in [-0.39, 0.29) is 24.4 Å². The molecule has 27 heavy (non-hydrogen) atoms. The molecule has 2 aromatic rings. The number of nitrogens with one attached hydrogen (secondary N) is 1. The van der Waals surface area contributed by atoms with Crippen LogP contribution < -0.4 is 14.8 Å². The molecular formula is C21H23NO5. The summed E-state index contributed by atoms with van der Waals surface area (Å²) in [5.74, 6) is 1.79. The van der Waals surface area contributed by atoms with Gasteiger partial charge in [0.15, 0.2) is 6.61 Å². The number of esters is 1. The van der Waals surface area contributed by atoms with Gasteiger partial charge >= 0.3 is 5.97 Å². The maximum atomic E-state index is 11.9. The van der Waals surface area contributed by atoms with Gasteiger partial charge < -0.3 is 19.5 Å². The first-order chi connectivity index (χ1) is 13.0. The van der Waals surface area contributed by atoms with Crippen molar-refractivity contribution in [1.29, 1.82) is 0 Å². The molecule has 2 atom stereocenters. The lowest BCUT2D eigenvalue weighted by Crippen LogP contribution is -2.21. The number of hydrogen-bond acceptors (Lipinski definition) is 5. The molecule has 0 aromatic heterocycles. The number of rotatable bonds is 8. The number of carbonyl (C=O) groups is 2. The zero-order valence-electron chi connectivity index (χ0n) is 15.4. The normalized spacial score (nSPS) is 17.7. The van der Waals surface area contributed by atoms with Crippen molar-refractivity contribution in [1.82, 2.24) is 0 Å². The minimum atomic E-state index is -0.364. The van der Waals surface area contributed by atoms with Crippen LogP contribution in [-0.2, 0) is 14.3 Å². The number of benzene rings is 2. The fourth-order valence-corrected chi connectivity index (χ4v) is 2.60. The van der Waals surface area contributed by atoms with Gasteiger partial charge in [-0.1, -0.05) is 6.92 Å². The number of anilines is 1. The molecule has 0 saturated heterocycles. The van der Waals surface area contributed by atoms with Crippen molar-refractivity contribution in [2.24, 2.45) is 11.8 Å². The smallest absolute Gasteiger partial charge is 0.309 e. The summed E-state index contributed by atoms with van der Waals surface area (Å²) >= 11 is 0. The average Bonchev–Trinajstić information content (AvgIpc) is 3.40. The van der Waals surface area contributed by atoms with Crippen LogP contribution in [0.2, 0.25) is 0 Å². The van der Waals surface area contributed by atoms with Crippen LogP contribution >= 0.6 is 0 Å². The molecule has 0 radical (unpaired) electrons. The van der Waals surface area contributed by atoms with E-state index in [1.165, 1.54) is 0 Å². The van der Waals surface area contributed by atoms with Crippen molar-refractivity contribution in [3.05, 3.63) is 48.5 Å². The largest absolute Gasteiger partial charge is 0.494 e. The van der Waals surface area contributed by atoms with Crippen LogP contribution in [0.3, 0.4) is 0 Å². The Morgan fingerprint density at radius 2 is 1.56 bits per heavy atom. The first-order valence-corrected chi connectivity index (χ1v) is 9.02. The molecule has 1 aliphatic rings. The molecule has 1 saturated carbocycles. The molecular weight excluding hydrogens is 346 g/mol. The van der Waals surface area contributed by atoms with Crippen molar-refractivity contribution >= 4 is 17.6 Å². The Kier molecular flexibility index (Phi) is 5.96. The lowest BCUT2D eigenvalue weighted by molar-refractivity contribution is -0.148. The third kappa shape index (κ3) is 5.48. The molecule has 6 heteroatoms. The van der Waals surface area contributed by atoms with Gasteiger partial charge in [0.05, 0.1) is 12.5 Å². The summed E-state index contributed by atoms with van der Waals surface area (Å²) in [4.78, 5) is 23.5.